The van der Waals surface area contributed by atoms with Crippen LogP contribution in [-0.4, -0.2) is 85.7 Å². The Morgan fingerprint density at radius 2 is 0.836 bits per heavy atom. The van der Waals surface area contributed by atoms with Gasteiger partial charge in [0.15, 0.2) is 0 Å². The molecule has 0 fully saturated rings. The molecular formula is C36H40I6O13. The number of halogens is 6. The van der Waals surface area contributed by atoms with Crippen molar-refractivity contribution in [2.45, 2.75) is 64.4 Å². The lowest BCUT2D eigenvalue weighted by Crippen LogP contribution is -2.28. The summed E-state index contributed by atoms with van der Waals surface area (Å²) in [4.78, 5) is 32.9. The molecule has 19 heteroatoms. The Morgan fingerprint density at radius 1 is 0.527 bits per heavy atom. The molecule has 0 aliphatic heterocycles. The Hall–Kier alpha value is -0.0900. The Bertz CT molecular complexity index is 1580. The lowest BCUT2D eigenvalue weighted by Gasteiger charge is -2.26. The zero-order chi connectivity index (χ0) is 42.0. The topological polar surface area (TPSA) is 221 Å². The summed E-state index contributed by atoms with van der Waals surface area (Å²) in [5.74, 6) is -1.11. The van der Waals surface area contributed by atoms with Gasteiger partial charge in [-0.2, -0.15) is 0 Å². The van der Waals surface area contributed by atoms with Crippen LogP contribution in [0.25, 0.3) is 6.08 Å². The molecule has 0 heterocycles. The van der Waals surface area contributed by atoms with Crippen LogP contribution in [0.4, 0.5) is 0 Å². The SMILES string of the molecule is CC(=O)OC=CCc1c(I)c(CC=COC(C)=O)c(I)c(CC=COC(C)=O)c1I.OCC=Cc1c(I)c(C(O)C(O)CO)c(I)c(C(O)C(O)CO)c1I. The van der Waals surface area contributed by atoms with Crippen LogP contribution in [0.5, 0.6) is 0 Å². The van der Waals surface area contributed by atoms with Crippen LogP contribution in [0.15, 0.2) is 43.1 Å². The lowest BCUT2D eigenvalue weighted by atomic mass is 9.94. The molecule has 0 aromatic heterocycles. The highest BCUT2D eigenvalue weighted by molar-refractivity contribution is 14.1. The Labute approximate surface area is 400 Å². The number of aliphatic hydroxyl groups excluding tert-OH is 7. The number of allylic oxidation sites excluding steroid dienone is 3. The minimum atomic E-state index is -1.43. The molecule has 0 aliphatic carbocycles. The van der Waals surface area contributed by atoms with Crippen molar-refractivity contribution in [2.75, 3.05) is 19.8 Å². The minimum absolute atomic E-state index is 0.216. The van der Waals surface area contributed by atoms with Crippen molar-refractivity contribution in [3.63, 3.8) is 0 Å². The number of hydrogen-bond donors (Lipinski definition) is 7. The van der Waals surface area contributed by atoms with Crippen molar-refractivity contribution in [2.24, 2.45) is 0 Å². The van der Waals surface area contributed by atoms with Crippen LogP contribution in [0.2, 0.25) is 0 Å². The van der Waals surface area contributed by atoms with Crippen molar-refractivity contribution in [1.82, 2.24) is 0 Å². The summed E-state index contributed by atoms with van der Waals surface area (Å²) in [6.07, 6.45) is 8.72. The van der Waals surface area contributed by atoms with Crippen molar-refractivity contribution >= 4 is 160 Å². The first-order valence-electron chi connectivity index (χ1n) is 15.9. The number of rotatable bonds is 17. The maximum absolute atomic E-state index is 11.0. The van der Waals surface area contributed by atoms with E-state index in [1.165, 1.54) is 45.6 Å². The van der Waals surface area contributed by atoms with E-state index < -0.39 is 37.6 Å². The van der Waals surface area contributed by atoms with Gasteiger partial charge in [0.05, 0.1) is 38.6 Å². The van der Waals surface area contributed by atoms with E-state index >= 15 is 0 Å². The predicted molar refractivity (Wildman–Crippen MR) is 255 cm³/mol. The number of ether oxygens (including phenoxy) is 3. The molecule has 7 N–H and O–H groups in total. The second-order valence-corrected chi connectivity index (χ2v) is 17.6. The third kappa shape index (κ3) is 16.8. The summed E-state index contributed by atoms with van der Waals surface area (Å²) in [5.41, 5.74) is 4.47. The van der Waals surface area contributed by atoms with Gasteiger partial charge in [0.1, 0.15) is 24.4 Å². The van der Waals surface area contributed by atoms with Crippen LogP contribution in [0.3, 0.4) is 0 Å². The van der Waals surface area contributed by atoms with Crippen LogP contribution < -0.4 is 0 Å². The molecule has 0 bridgehead atoms. The Kier molecular flexibility index (Phi) is 26.6. The van der Waals surface area contributed by atoms with Gasteiger partial charge in [0.2, 0.25) is 0 Å². The third-order valence-electron chi connectivity index (χ3n) is 7.05. The summed E-state index contributed by atoms with van der Waals surface area (Å²) < 4.78 is 19.5. The second-order valence-electron chi connectivity index (χ2n) is 11.1. The molecule has 0 amide bonds. The van der Waals surface area contributed by atoms with Gasteiger partial charge < -0.3 is 50.0 Å². The highest BCUT2D eigenvalue weighted by Crippen LogP contribution is 2.40. The molecule has 2 aromatic carbocycles. The second kappa shape index (κ2) is 27.6. The maximum Gasteiger partial charge on any atom is 0.307 e. The highest BCUT2D eigenvalue weighted by Gasteiger charge is 2.32. The van der Waals surface area contributed by atoms with E-state index in [0.717, 1.165) is 27.4 Å². The van der Waals surface area contributed by atoms with Gasteiger partial charge in [-0.3, -0.25) is 14.4 Å². The fraction of sp³-hybridized carbons (Fsp3) is 0.361. The number of hydrogen-bond acceptors (Lipinski definition) is 13. The quantitative estimate of drug-likeness (QED) is 0.0442. The van der Waals surface area contributed by atoms with Crippen LogP contribution in [0, 0.1) is 21.4 Å². The maximum atomic E-state index is 11.0. The van der Waals surface area contributed by atoms with Crippen LogP contribution in [-0.2, 0) is 47.9 Å². The highest BCUT2D eigenvalue weighted by atomic mass is 127. The summed E-state index contributed by atoms with van der Waals surface area (Å²) in [6, 6.07) is 0. The number of aliphatic hydroxyl groups is 7. The van der Waals surface area contributed by atoms with E-state index in [1.54, 1.807) is 24.3 Å². The van der Waals surface area contributed by atoms with E-state index in [9.17, 15) is 34.8 Å². The molecule has 4 unspecified atom stereocenters. The average Bonchev–Trinajstić information content (AvgIpc) is 3.12. The van der Waals surface area contributed by atoms with Crippen LogP contribution in [0.1, 0.15) is 66.4 Å². The molecule has 0 aliphatic rings. The molecule has 4 atom stereocenters. The largest absolute Gasteiger partial charge is 0.435 e. The molecule has 2 aromatic rings. The van der Waals surface area contributed by atoms with Crippen LogP contribution >= 0.6 is 136 Å². The number of carbonyl (C=O) groups excluding carboxylic acids is 3. The molecule has 0 spiro atoms. The molecule has 304 valence electrons. The van der Waals surface area contributed by atoms with Gasteiger partial charge in [-0.15, -0.1) is 0 Å². The molecule has 13 nitrogen and oxygen atoms in total. The van der Waals surface area contributed by atoms with Crippen molar-refractivity contribution < 1.29 is 64.3 Å². The monoisotopic (exact) mass is 1440 g/mol. The summed E-state index contributed by atoms with van der Waals surface area (Å²) in [5, 5.41) is 67.8. The van der Waals surface area contributed by atoms with Gasteiger partial charge >= 0.3 is 17.9 Å². The van der Waals surface area contributed by atoms with Gasteiger partial charge in [0, 0.05) is 58.9 Å². The van der Waals surface area contributed by atoms with E-state index in [1.807, 2.05) is 67.8 Å². The van der Waals surface area contributed by atoms with Gasteiger partial charge in [-0.05, 0) is 190 Å². The molecular weight excluding hydrogens is 1400 g/mol. The third-order valence-corrected chi connectivity index (χ3v) is 14.4. The van der Waals surface area contributed by atoms with E-state index in [2.05, 4.69) is 67.8 Å². The first kappa shape index (κ1) is 52.9. The minimum Gasteiger partial charge on any atom is -0.435 e. The van der Waals surface area contributed by atoms with E-state index in [-0.39, 0.29) is 24.5 Å². The van der Waals surface area contributed by atoms with Crippen molar-refractivity contribution in [3.05, 3.63) is 97.9 Å². The van der Waals surface area contributed by atoms with Crippen molar-refractivity contribution in [3.8, 4) is 0 Å². The lowest BCUT2D eigenvalue weighted by molar-refractivity contribution is -0.136. The molecule has 55 heavy (non-hydrogen) atoms. The Balaban J connectivity index is 0.000000559. The van der Waals surface area contributed by atoms with E-state index in [0.29, 0.717) is 46.7 Å². The molecule has 0 radical (unpaired) electrons. The number of benzene rings is 2. The normalized spacial score (nSPS) is 13.9. The number of carbonyl (C=O) groups is 3. The van der Waals surface area contributed by atoms with Crippen molar-refractivity contribution in [1.29, 1.82) is 0 Å². The molecule has 0 saturated carbocycles. The van der Waals surface area contributed by atoms with Gasteiger partial charge in [-0.1, -0.05) is 12.2 Å². The fourth-order valence-electron chi connectivity index (χ4n) is 4.45. The average molecular weight is 1440 g/mol. The first-order chi connectivity index (χ1) is 25.9. The summed E-state index contributed by atoms with van der Waals surface area (Å²) in [7, 11) is 0. The smallest absolute Gasteiger partial charge is 0.307 e. The Morgan fingerprint density at radius 3 is 1.09 bits per heavy atom. The molecule has 0 saturated heterocycles. The van der Waals surface area contributed by atoms with E-state index in [4.69, 9.17) is 29.5 Å². The number of esters is 3. The fourth-order valence-corrected chi connectivity index (χ4v) is 13.7. The van der Waals surface area contributed by atoms with Gasteiger partial charge in [0.25, 0.3) is 0 Å². The summed E-state index contributed by atoms with van der Waals surface area (Å²) >= 11 is 12.8. The van der Waals surface area contributed by atoms with Gasteiger partial charge in [-0.25, -0.2) is 0 Å². The zero-order valence-electron chi connectivity index (χ0n) is 29.5. The standard InChI is InChI=1S/C21H21I3O6.C15H19I3O7/c1-13(25)28-10-4-7-16-19(22)17(8-5-11-29-14(2)26)21(24)18(20(16)23)9-6-12-30-15(3)27;16-11-6(2-1-3-19)12(17)10(15(25)8(23)5-21)13(18)9(11)14(24)7(22)4-20/h4-6,10-12H,7-9H2,1-3H3;1-2,7-8,14-15,19-25H,3-5H2. The first-order valence-corrected chi connectivity index (χ1v) is 22.4. The molecule has 2 rings (SSSR count). The predicted octanol–water partition coefficient (Wildman–Crippen LogP) is 5.64. The summed E-state index contributed by atoms with van der Waals surface area (Å²) in [6.45, 7) is 2.53. The zero-order valence-corrected chi connectivity index (χ0v) is 42.5.